The maximum absolute atomic E-state index is 12.8. The number of nitrogens with zero attached hydrogens (tertiary/aromatic N) is 1. The van der Waals surface area contributed by atoms with Gasteiger partial charge in [-0.15, -0.1) is 0 Å². The lowest BCUT2D eigenvalue weighted by atomic mass is 9.98. The molecule has 0 heterocycles. The second-order valence-electron chi connectivity index (χ2n) is 11.6. The van der Waals surface area contributed by atoms with Gasteiger partial charge in [-0.25, -0.2) is 9.59 Å². The maximum atomic E-state index is 12.8. The van der Waals surface area contributed by atoms with Gasteiger partial charge in [0.25, 0.3) is 0 Å². The fourth-order valence-corrected chi connectivity index (χ4v) is 4.57. The molecule has 0 aliphatic heterocycles. The molecule has 44 heavy (non-hydrogen) atoms. The van der Waals surface area contributed by atoms with E-state index in [9.17, 15) is 14.9 Å². The summed E-state index contributed by atoms with van der Waals surface area (Å²) in [5, 5.41) is 9.62. The van der Waals surface area contributed by atoms with E-state index in [0.717, 1.165) is 31.4 Å². The van der Waals surface area contributed by atoms with Gasteiger partial charge in [0.05, 0.1) is 29.9 Å². The third-order valence-corrected chi connectivity index (χ3v) is 7.28. The lowest BCUT2D eigenvalue weighted by Gasteiger charge is -2.14. The zero-order chi connectivity index (χ0) is 31.7. The molecule has 0 amide bonds. The van der Waals surface area contributed by atoms with Gasteiger partial charge in [-0.3, -0.25) is 0 Å². The van der Waals surface area contributed by atoms with E-state index < -0.39 is 11.9 Å². The van der Waals surface area contributed by atoms with Crippen LogP contribution in [0.2, 0.25) is 0 Å². The highest BCUT2D eigenvalue weighted by Crippen LogP contribution is 2.24. The monoisotopic (exact) mass is 599 g/mol. The number of rotatable bonds is 18. The summed E-state index contributed by atoms with van der Waals surface area (Å²) in [6.45, 7) is 10.0. The van der Waals surface area contributed by atoms with Crippen LogP contribution in [0.4, 0.5) is 0 Å². The van der Waals surface area contributed by atoms with Crippen molar-refractivity contribution in [2.45, 2.75) is 79.1 Å². The van der Waals surface area contributed by atoms with Crippen molar-refractivity contribution in [2.24, 2.45) is 11.8 Å². The average Bonchev–Trinajstić information content (AvgIpc) is 3.02. The standard InChI is InChI=1S/C37H45NO6/c1-5-6-7-8-23-41-32-17-19-34(20-18-32)43-36(39)29-12-15-33(16-13-29)44-37(40)30-14-21-35(31(25-30)26-38)42-24-22-28(4)11-9-10-27(2)3/h12-21,25,27-28H,5-11,22-24H2,1-4H3/t28-/m0/s1. The summed E-state index contributed by atoms with van der Waals surface area (Å²) in [6, 6.07) is 19.8. The van der Waals surface area contributed by atoms with Gasteiger partial charge in [-0.05, 0) is 91.4 Å². The van der Waals surface area contributed by atoms with Crippen molar-refractivity contribution in [2.75, 3.05) is 13.2 Å². The van der Waals surface area contributed by atoms with Crippen molar-refractivity contribution in [1.82, 2.24) is 0 Å². The molecule has 3 aromatic carbocycles. The summed E-state index contributed by atoms with van der Waals surface area (Å²) in [5.41, 5.74) is 0.813. The van der Waals surface area contributed by atoms with Crippen LogP contribution in [-0.2, 0) is 0 Å². The molecule has 7 nitrogen and oxygen atoms in total. The third-order valence-electron chi connectivity index (χ3n) is 7.28. The van der Waals surface area contributed by atoms with E-state index >= 15 is 0 Å². The highest BCUT2D eigenvalue weighted by atomic mass is 16.5. The Morgan fingerprint density at radius 1 is 0.682 bits per heavy atom. The van der Waals surface area contributed by atoms with Crippen molar-refractivity contribution >= 4 is 11.9 Å². The van der Waals surface area contributed by atoms with Gasteiger partial charge >= 0.3 is 11.9 Å². The Hall–Kier alpha value is -4.31. The Kier molecular flexibility index (Phi) is 14.3. The fraction of sp³-hybridized carbons (Fsp3) is 0.432. The van der Waals surface area contributed by atoms with Crippen LogP contribution >= 0.6 is 0 Å². The van der Waals surface area contributed by atoms with Gasteiger partial charge in [-0.2, -0.15) is 5.26 Å². The Balaban J connectivity index is 1.47. The topological polar surface area (TPSA) is 94.8 Å². The minimum atomic E-state index is -0.616. The smallest absolute Gasteiger partial charge is 0.343 e. The van der Waals surface area contributed by atoms with E-state index in [-0.39, 0.29) is 16.9 Å². The summed E-state index contributed by atoms with van der Waals surface area (Å²) in [6.07, 6.45) is 9.02. The number of hydrogen-bond donors (Lipinski definition) is 0. The Morgan fingerprint density at radius 3 is 1.93 bits per heavy atom. The van der Waals surface area contributed by atoms with Gasteiger partial charge in [0.1, 0.15) is 29.1 Å². The van der Waals surface area contributed by atoms with E-state index in [1.807, 2.05) is 0 Å². The van der Waals surface area contributed by atoms with Crippen LogP contribution < -0.4 is 18.9 Å². The van der Waals surface area contributed by atoms with E-state index in [2.05, 4.69) is 33.8 Å². The maximum Gasteiger partial charge on any atom is 0.343 e. The molecule has 0 aromatic heterocycles. The predicted octanol–water partition coefficient (Wildman–Crippen LogP) is 9.19. The summed E-state index contributed by atoms with van der Waals surface area (Å²) >= 11 is 0. The van der Waals surface area contributed by atoms with Crippen LogP contribution in [0.1, 0.15) is 105 Å². The molecule has 3 rings (SSSR count). The van der Waals surface area contributed by atoms with E-state index in [1.54, 1.807) is 36.4 Å². The Labute approximate surface area is 262 Å². The quantitative estimate of drug-likeness (QED) is 0.0817. The van der Waals surface area contributed by atoms with Crippen molar-refractivity contribution in [3.8, 4) is 29.1 Å². The van der Waals surface area contributed by atoms with Crippen LogP contribution in [0.25, 0.3) is 0 Å². The molecule has 0 saturated heterocycles. The Morgan fingerprint density at radius 2 is 1.30 bits per heavy atom. The SMILES string of the molecule is CCCCCCOc1ccc(OC(=O)c2ccc(OC(=O)c3ccc(OCC[C@@H](C)CCCC(C)C)c(C#N)c3)cc2)cc1. The zero-order valence-corrected chi connectivity index (χ0v) is 26.5. The molecule has 7 heteroatoms. The number of esters is 2. The number of hydrogen-bond acceptors (Lipinski definition) is 7. The molecule has 0 saturated carbocycles. The molecule has 234 valence electrons. The molecule has 0 fully saturated rings. The van der Waals surface area contributed by atoms with Gasteiger partial charge in [0, 0.05) is 0 Å². The number of unbranched alkanes of at least 4 members (excludes halogenated alkanes) is 3. The minimum Gasteiger partial charge on any atom is -0.494 e. The largest absolute Gasteiger partial charge is 0.494 e. The molecule has 0 aliphatic carbocycles. The molecule has 0 unspecified atom stereocenters. The van der Waals surface area contributed by atoms with Gasteiger partial charge < -0.3 is 18.9 Å². The number of nitriles is 1. The predicted molar refractivity (Wildman–Crippen MR) is 172 cm³/mol. The fourth-order valence-electron chi connectivity index (χ4n) is 4.57. The summed E-state index contributed by atoms with van der Waals surface area (Å²) < 4.78 is 22.5. The number of ether oxygens (including phenoxy) is 4. The third kappa shape index (κ3) is 11.8. The highest BCUT2D eigenvalue weighted by Gasteiger charge is 2.15. The second kappa shape index (κ2) is 18.4. The normalized spacial score (nSPS) is 11.5. The first kappa shape index (κ1) is 34.2. The molecule has 0 spiro atoms. The van der Waals surface area contributed by atoms with Crippen LogP contribution in [0.5, 0.6) is 23.0 Å². The van der Waals surface area contributed by atoms with Crippen molar-refractivity contribution in [3.63, 3.8) is 0 Å². The molecular formula is C37H45NO6. The number of carbonyl (C=O) groups is 2. The Bertz CT molecular complexity index is 1360. The number of carbonyl (C=O) groups excluding carboxylic acids is 2. The molecule has 1 atom stereocenters. The van der Waals surface area contributed by atoms with E-state index in [1.165, 1.54) is 56.0 Å². The van der Waals surface area contributed by atoms with Crippen LogP contribution in [0, 0.1) is 23.2 Å². The molecule has 0 aliphatic rings. The lowest BCUT2D eigenvalue weighted by Crippen LogP contribution is -2.11. The summed E-state index contributed by atoms with van der Waals surface area (Å²) in [7, 11) is 0. The first-order valence-electron chi connectivity index (χ1n) is 15.7. The van der Waals surface area contributed by atoms with Crippen LogP contribution in [0.3, 0.4) is 0 Å². The highest BCUT2D eigenvalue weighted by molar-refractivity contribution is 5.93. The van der Waals surface area contributed by atoms with E-state index in [0.29, 0.717) is 42.1 Å². The van der Waals surface area contributed by atoms with Crippen LogP contribution in [-0.4, -0.2) is 25.2 Å². The van der Waals surface area contributed by atoms with Gasteiger partial charge in [-0.1, -0.05) is 66.2 Å². The molecule has 3 aromatic rings. The first-order chi connectivity index (χ1) is 21.3. The molecule has 0 radical (unpaired) electrons. The number of benzene rings is 3. The van der Waals surface area contributed by atoms with E-state index in [4.69, 9.17) is 18.9 Å². The van der Waals surface area contributed by atoms with Crippen molar-refractivity contribution in [3.05, 3.63) is 83.4 Å². The second-order valence-corrected chi connectivity index (χ2v) is 11.6. The van der Waals surface area contributed by atoms with Crippen molar-refractivity contribution in [1.29, 1.82) is 5.26 Å². The molecule has 0 bridgehead atoms. The first-order valence-corrected chi connectivity index (χ1v) is 15.7. The molecule has 0 N–H and O–H groups in total. The lowest BCUT2D eigenvalue weighted by molar-refractivity contribution is 0.0730. The average molecular weight is 600 g/mol. The van der Waals surface area contributed by atoms with Gasteiger partial charge in [0.2, 0.25) is 0 Å². The van der Waals surface area contributed by atoms with Crippen LogP contribution in [0.15, 0.2) is 66.7 Å². The molecular weight excluding hydrogens is 554 g/mol. The minimum absolute atomic E-state index is 0.229. The van der Waals surface area contributed by atoms with Gasteiger partial charge in [0.15, 0.2) is 0 Å². The summed E-state index contributed by atoms with van der Waals surface area (Å²) in [5.74, 6) is 1.95. The summed E-state index contributed by atoms with van der Waals surface area (Å²) in [4.78, 5) is 25.4. The zero-order valence-electron chi connectivity index (χ0n) is 26.5. The van der Waals surface area contributed by atoms with Crippen molar-refractivity contribution < 1.29 is 28.5 Å².